The Morgan fingerprint density at radius 3 is 1.21 bits per heavy atom. The van der Waals surface area contributed by atoms with E-state index in [4.69, 9.17) is 0 Å². The van der Waals surface area contributed by atoms with Gasteiger partial charge in [0.05, 0.1) is 0 Å². The first-order valence-electron chi connectivity index (χ1n) is 18.9. The van der Waals surface area contributed by atoms with Gasteiger partial charge in [0.1, 0.15) is 0 Å². The van der Waals surface area contributed by atoms with E-state index < -0.39 is 0 Å². The fraction of sp³-hybridized carbons (Fsp3) is 0.417. The molecule has 0 amide bonds. The molecule has 0 radical (unpaired) electrons. The van der Waals surface area contributed by atoms with Crippen molar-refractivity contribution in [1.82, 2.24) is 0 Å². The highest BCUT2D eigenvalue weighted by Gasteiger charge is 2.40. The molecule has 248 valence electrons. The second kappa shape index (κ2) is 12.7. The van der Waals surface area contributed by atoms with Crippen LogP contribution in [0.4, 0.5) is 0 Å². The number of hydrogen-bond acceptors (Lipinski definition) is 0. The Kier molecular flexibility index (Phi) is 8.68. The average molecular weight is 633 g/mol. The molecule has 0 heteroatoms. The summed E-state index contributed by atoms with van der Waals surface area (Å²) in [5, 5.41) is 0. The van der Waals surface area contributed by atoms with Crippen LogP contribution in [0.3, 0.4) is 0 Å². The van der Waals surface area contributed by atoms with Crippen LogP contribution >= 0.6 is 0 Å². The molecule has 4 aromatic carbocycles. The molecule has 3 aliphatic carbocycles. The molecule has 0 saturated heterocycles. The quantitative estimate of drug-likeness (QED) is 0.198. The summed E-state index contributed by atoms with van der Waals surface area (Å²) in [4.78, 5) is 0. The fourth-order valence-corrected chi connectivity index (χ4v) is 9.26. The van der Waals surface area contributed by atoms with Crippen molar-refractivity contribution in [2.75, 3.05) is 0 Å². The van der Waals surface area contributed by atoms with Gasteiger partial charge >= 0.3 is 0 Å². The van der Waals surface area contributed by atoms with E-state index in [1.165, 1.54) is 59.1 Å². The lowest BCUT2D eigenvalue weighted by atomic mass is 9.67. The molecule has 0 heterocycles. The standard InChI is InChI=1S/C48H56/c1-9-31-29-35-15-13-19-39(33-21-25-37(26-22-33)47(3,4)5)45(35)43(31)41-17-11-12-18-42(41)44-32(10-2)30-36-16-14-20-40(46(36)44)34-23-27-38(28-24-34)48(6,7)8/h13-16,19-28,41-42H,9-12,17-18,29-30H2,1-8H3. The molecular weight excluding hydrogens is 577 g/mol. The minimum Gasteiger partial charge on any atom is -0.0619 e. The van der Waals surface area contributed by atoms with Gasteiger partial charge in [-0.2, -0.15) is 0 Å². The van der Waals surface area contributed by atoms with Gasteiger partial charge in [-0.1, -0.05) is 164 Å². The maximum atomic E-state index is 2.42. The largest absolute Gasteiger partial charge is 0.0619 e. The number of benzene rings is 4. The number of hydrogen-bond donors (Lipinski definition) is 0. The van der Waals surface area contributed by atoms with Gasteiger partial charge in [-0.25, -0.2) is 0 Å². The zero-order valence-electron chi connectivity index (χ0n) is 30.9. The highest BCUT2D eigenvalue weighted by Crippen LogP contribution is 2.56. The predicted molar refractivity (Wildman–Crippen MR) is 208 cm³/mol. The number of fused-ring (bicyclic) bond motifs is 2. The number of allylic oxidation sites excluding steroid dienone is 4. The van der Waals surface area contributed by atoms with Crippen LogP contribution < -0.4 is 0 Å². The van der Waals surface area contributed by atoms with E-state index in [-0.39, 0.29) is 10.8 Å². The van der Waals surface area contributed by atoms with Gasteiger partial charge in [-0.3, -0.25) is 0 Å². The van der Waals surface area contributed by atoms with Crippen molar-refractivity contribution in [2.45, 2.75) is 118 Å². The van der Waals surface area contributed by atoms with Gasteiger partial charge in [0, 0.05) is 0 Å². The number of rotatable bonds is 6. The van der Waals surface area contributed by atoms with E-state index >= 15 is 0 Å². The van der Waals surface area contributed by atoms with Gasteiger partial charge in [0.25, 0.3) is 0 Å². The third-order valence-corrected chi connectivity index (χ3v) is 11.9. The Labute approximate surface area is 291 Å². The van der Waals surface area contributed by atoms with Crippen LogP contribution in [0.2, 0.25) is 0 Å². The monoisotopic (exact) mass is 632 g/mol. The first-order valence-corrected chi connectivity index (χ1v) is 18.9. The summed E-state index contributed by atoms with van der Waals surface area (Å²) in [6.07, 6.45) is 9.74. The molecule has 1 saturated carbocycles. The Hall–Kier alpha value is -3.64. The van der Waals surface area contributed by atoms with Gasteiger partial charge in [-0.15, -0.1) is 0 Å². The van der Waals surface area contributed by atoms with Crippen LogP contribution in [0.5, 0.6) is 0 Å². The molecule has 0 aromatic heterocycles. The molecule has 4 aromatic rings. The molecular formula is C48H56. The van der Waals surface area contributed by atoms with Crippen molar-refractivity contribution in [3.8, 4) is 22.3 Å². The first kappa shape index (κ1) is 32.9. The maximum absolute atomic E-state index is 2.42. The lowest BCUT2D eigenvalue weighted by Crippen LogP contribution is -2.23. The summed E-state index contributed by atoms with van der Waals surface area (Å²) in [5.41, 5.74) is 21.7. The van der Waals surface area contributed by atoms with Gasteiger partial charge in [0.2, 0.25) is 0 Å². The minimum absolute atomic E-state index is 0.155. The van der Waals surface area contributed by atoms with Crippen LogP contribution in [0, 0.1) is 11.8 Å². The predicted octanol–water partition coefficient (Wildman–Crippen LogP) is 13.6. The Bertz CT molecular complexity index is 1730. The van der Waals surface area contributed by atoms with Gasteiger partial charge < -0.3 is 0 Å². The van der Waals surface area contributed by atoms with E-state index in [1.54, 1.807) is 44.5 Å². The molecule has 0 N–H and O–H groups in total. The molecule has 3 aliphatic rings. The Morgan fingerprint density at radius 1 is 0.500 bits per heavy atom. The van der Waals surface area contributed by atoms with Crippen LogP contribution in [0.1, 0.15) is 127 Å². The van der Waals surface area contributed by atoms with E-state index in [0.717, 1.165) is 25.7 Å². The fourth-order valence-electron chi connectivity index (χ4n) is 9.26. The van der Waals surface area contributed by atoms with Crippen LogP contribution in [0.25, 0.3) is 33.4 Å². The summed E-state index contributed by atoms with van der Waals surface area (Å²) in [7, 11) is 0. The smallest absolute Gasteiger partial charge is 0.00548 e. The van der Waals surface area contributed by atoms with E-state index in [0.29, 0.717) is 11.8 Å². The molecule has 1 fully saturated rings. The topological polar surface area (TPSA) is 0 Å². The van der Waals surface area contributed by atoms with Crippen molar-refractivity contribution in [1.29, 1.82) is 0 Å². The van der Waals surface area contributed by atoms with Crippen molar-refractivity contribution < 1.29 is 0 Å². The third-order valence-electron chi connectivity index (χ3n) is 11.9. The van der Waals surface area contributed by atoms with Gasteiger partial charge in [-0.05, 0) is 128 Å². The molecule has 2 unspecified atom stereocenters. The Balaban J connectivity index is 1.34. The third kappa shape index (κ3) is 5.84. The summed E-state index contributed by atoms with van der Waals surface area (Å²) in [6.45, 7) is 18.7. The summed E-state index contributed by atoms with van der Waals surface area (Å²) in [6, 6.07) is 33.3. The minimum atomic E-state index is 0.155. The second-order valence-corrected chi connectivity index (χ2v) is 16.9. The lowest BCUT2D eigenvalue weighted by molar-refractivity contribution is 0.355. The van der Waals surface area contributed by atoms with E-state index in [1.807, 2.05) is 0 Å². The Morgan fingerprint density at radius 2 is 0.875 bits per heavy atom. The SMILES string of the molecule is CCC1=C(C2CCCCC2C2=C(CC)Cc3cccc(-c4ccc(C(C)(C)C)cc4)c32)c2c(cccc2-c2ccc(C(C)(C)C)cc2)C1. The maximum Gasteiger partial charge on any atom is -0.00548 e. The normalized spacial score (nSPS) is 19.6. The highest BCUT2D eigenvalue weighted by atomic mass is 14.4. The molecule has 0 aliphatic heterocycles. The van der Waals surface area contributed by atoms with Crippen molar-refractivity contribution in [3.63, 3.8) is 0 Å². The molecule has 0 bridgehead atoms. The summed E-state index contributed by atoms with van der Waals surface area (Å²) in [5.74, 6) is 1.12. The second-order valence-electron chi connectivity index (χ2n) is 16.9. The summed E-state index contributed by atoms with van der Waals surface area (Å²) >= 11 is 0. The molecule has 0 spiro atoms. The van der Waals surface area contributed by atoms with E-state index in [9.17, 15) is 0 Å². The van der Waals surface area contributed by atoms with Crippen molar-refractivity contribution >= 4 is 11.1 Å². The van der Waals surface area contributed by atoms with Crippen molar-refractivity contribution in [3.05, 3.63) is 129 Å². The van der Waals surface area contributed by atoms with Crippen LogP contribution in [0.15, 0.2) is 96.1 Å². The molecule has 0 nitrogen and oxygen atoms in total. The zero-order chi connectivity index (χ0) is 33.8. The zero-order valence-corrected chi connectivity index (χ0v) is 30.9. The van der Waals surface area contributed by atoms with Crippen LogP contribution in [-0.2, 0) is 23.7 Å². The summed E-state index contributed by atoms with van der Waals surface area (Å²) < 4.78 is 0. The van der Waals surface area contributed by atoms with Crippen LogP contribution in [-0.4, -0.2) is 0 Å². The van der Waals surface area contributed by atoms with E-state index in [2.05, 4.69) is 140 Å². The van der Waals surface area contributed by atoms with Crippen molar-refractivity contribution in [2.24, 2.45) is 11.8 Å². The molecule has 48 heavy (non-hydrogen) atoms. The lowest BCUT2D eigenvalue weighted by Gasteiger charge is -2.37. The highest BCUT2D eigenvalue weighted by molar-refractivity contribution is 5.93. The first-order chi connectivity index (χ1) is 23.0. The van der Waals surface area contributed by atoms with Gasteiger partial charge in [0.15, 0.2) is 0 Å². The molecule has 7 rings (SSSR count). The average Bonchev–Trinajstić information content (AvgIpc) is 3.66. The molecule has 2 atom stereocenters.